The van der Waals surface area contributed by atoms with E-state index < -0.39 is 24.4 Å². The van der Waals surface area contributed by atoms with E-state index in [4.69, 9.17) is 4.74 Å². The summed E-state index contributed by atoms with van der Waals surface area (Å²) in [4.78, 5) is 9.40. The number of halogens is 2. The molecular weight excluding hydrogens is 390 g/mol. The minimum atomic E-state index is -3.78. The molecule has 1 aromatic carbocycles. The Labute approximate surface area is 164 Å². The summed E-state index contributed by atoms with van der Waals surface area (Å²) in [5.41, 5.74) is 0.103. The van der Waals surface area contributed by atoms with E-state index in [9.17, 15) is 19.0 Å². The number of nitrogens with one attached hydrogen (secondary N) is 1. The number of aliphatic hydroxyl groups excluding tert-OH is 2. The molecule has 4 rings (SSSR count). The summed E-state index contributed by atoms with van der Waals surface area (Å²) in [6.07, 6.45) is -2.64. The lowest BCUT2D eigenvalue weighted by Crippen LogP contribution is -2.46. The molecule has 3 N–H and O–H groups in total. The summed E-state index contributed by atoms with van der Waals surface area (Å²) in [7, 11) is 0. The number of hydrogen-bond donors (Lipinski definition) is 3. The number of aryl methyl sites for hydroxylation is 1. The SMILES string of the molecule is CC[C@@]1(C)NC(O)N(c2cnc(Oc3ccc(C)c4c3OC(F)(F)O4)nc2)C1O. The summed E-state index contributed by atoms with van der Waals surface area (Å²) in [6.45, 7) is 5.27. The summed E-state index contributed by atoms with van der Waals surface area (Å²) >= 11 is 0. The van der Waals surface area contributed by atoms with Crippen LogP contribution in [0.3, 0.4) is 0 Å². The smallest absolute Gasteiger partial charge is 0.420 e. The molecule has 0 aliphatic carbocycles. The molecule has 3 atom stereocenters. The minimum absolute atomic E-state index is 0.0306. The molecule has 0 saturated carbocycles. The second-order valence-corrected chi connectivity index (χ2v) is 7.10. The zero-order valence-electron chi connectivity index (χ0n) is 15.9. The highest BCUT2D eigenvalue weighted by molar-refractivity contribution is 5.57. The van der Waals surface area contributed by atoms with Crippen LogP contribution < -0.4 is 24.4 Å². The lowest BCUT2D eigenvalue weighted by atomic mass is 9.98. The zero-order valence-corrected chi connectivity index (χ0v) is 15.9. The van der Waals surface area contributed by atoms with Crippen molar-refractivity contribution in [2.75, 3.05) is 4.90 Å². The molecule has 29 heavy (non-hydrogen) atoms. The first-order chi connectivity index (χ1) is 13.6. The van der Waals surface area contributed by atoms with Gasteiger partial charge in [-0.15, -0.1) is 8.78 Å². The fraction of sp³-hybridized carbons (Fsp3) is 0.444. The fourth-order valence-electron chi connectivity index (χ4n) is 3.25. The Balaban J connectivity index is 1.56. The Hall–Kier alpha value is -2.76. The molecule has 0 spiro atoms. The molecular formula is C18H20F2N4O5. The molecule has 2 aromatic rings. The van der Waals surface area contributed by atoms with E-state index in [0.29, 0.717) is 17.7 Å². The number of ether oxygens (including phenoxy) is 3. The van der Waals surface area contributed by atoms with Crippen LogP contribution in [0.2, 0.25) is 0 Å². The summed E-state index contributed by atoms with van der Waals surface area (Å²) in [5, 5.41) is 23.7. The molecule has 0 radical (unpaired) electrons. The van der Waals surface area contributed by atoms with Crippen LogP contribution in [0, 0.1) is 6.92 Å². The third kappa shape index (κ3) is 3.30. The lowest BCUT2D eigenvalue weighted by molar-refractivity contribution is -0.287. The van der Waals surface area contributed by atoms with Crippen molar-refractivity contribution in [1.29, 1.82) is 0 Å². The Bertz CT molecular complexity index is 929. The van der Waals surface area contributed by atoms with Crippen LogP contribution in [0.25, 0.3) is 0 Å². The zero-order chi connectivity index (χ0) is 21.0. The molecule has 1 aromatic heterocycles. The van der Waals surface area contributed by atoms with Gasteiger partial charge in [-0.1, -0.05) is 13.0 Å². The normalized spacial score (nSPS) is 27.3. The predicted octanol–water partition coefficient (Wildman–Crippen LogP) is 2.07. The Morgan fingerprint density at radius 2 is 1.86 bits per heavy atom. The van der Waals surface area contributed by atoms with E-state index in [-0.39, 0.29) is 23.3 Å². The van der Waals surface area contributed by atoms with Crippen molar-refractivity contribution in [3.8, 4) is 23.3 Å². The van der Waals surface area contributed by atoms with E-state index in [1.165, 1.54) is 23.4 Å². The summed E-state index contributed by atoms with van der Waals surface area (Å²) < 4.78 is 41.4. The van der Waals surface area contributed by atoms with Crippen molar-refractivity contribution in [2.45, 2.75) is 51.6 Å². The maximum absolute atomic E-state index is 13.4. The third-order valence-corrected chi connectivity index (χ3v) is 5.12. The number of aromatic nitrogens is 2. The highest BCUT2D eigenvalue weighted by Crippen LogP contribution is 2.49. The maximum atomic E-state index is 13.4. The average molecular weight is 410 g/mol. The highest BCUT2D eigenvalue weighted by atomic mass is 19.3. The number of hydrogen-bond acceptors (Lipinski definition) is 9. The summed E-state index contributed by atoms with van der Waals surface area (Å²) in [5.74, 6) is -0.384. The van der Waals surface area contributed by atoms with E-state index in [1.807, 2.05) is 6.92 Å². The van der Waals surface area contributed by atoms with Crippen LogP contribution in [-0.2, 0) is 0 Å². The molecule has 2 unspecified atom stereocenters. The van der Waals surface area contributed by atoms with Gasteiger partial charge in [0.15, 0.2) is 17.9 Å². The van der Waals surface area contributed by atoms with Crippen LogP contribution in [0.1, 0.15) is 25.8 Å². The Kier molecular flexibility index (Phi) is 4.48. The number of benzene rings is 1. The first kappa shape index (κ1) is 19.6. The number of alkyl halides is 2. The number of nitrogens with zero attached hydrogens (tertiary/aromatic N) is 3. The molecule has 0 bridgehead atoms. The largest absolute Gasteiger partial charge is 0.586 e. The van der Waals surface area contributed by atoms with Crippen molar-refractivity contribution in [2.24, 2.45) is 0 Å². The molecule has 2 aliphatic rings. The van der Waals surface area contributed by atoms with Crippen LogP contribution in [0.4, 0.5) is 14.5 Å². The number of anilines is 1. The standard InChI is InChI=1S/C18H20F2N4O5/c1-4-17(3)14(25)24(16(26)23-17)10-7-21-15(22-8-10)27-11-6-5-9(2)12-13(11)29-18(19,20)28-12/h5-8,14,16,23,25-26H,4H2,1-3H3/t14?,16?,17-/m1/s1. The van der Waals surface area contributed by atoms with Gasteiger partial charge >= 0.3 is 12.3 Å². The van der Waals surface area contributed by atoms with E-state index in [0.717, 1.165) is 0 Å². The monoisotopic (exact) mass is 410 g/mol. The molecule has 0 amide bonds. The van der Waals surface area contributed by atoms with Crippen LogP contribution in [0.15, 0.2) is 24.5 Å². The van der Waals surface area contributed by atoms with Crippen molar-refractivity contribution >= 4 is 5.69 Å². The van der Waals surface area contributed by atoms with Crippen molar-refractivity contribution < 1.29 is 33.2 Å². The predicted molar refractivity (Wildman–Crippen MR) is 95.8 cm³/mol. The number of fused-ring (bicyclic) bond motifs is 1. The fourth-order valence-corrected chi connectivity index (χ4v) is 3.25. The van der Waals surface area contributed by atoms with Gasteiger partial charge in [0.05, 0.1) is 23.6 Å². The Morgan fingerprint density at radius 1 is 1.21 bits per heavy atom. The van der Waals surface area contributed by atoms with Gasteiger partial charge in [0.1, 0.15) is 6.23 Å². The topological polar surface area (TPSA) is 109 Å². The first-order valence-corrected chi connectivity index (χ1v) is 8.95. The van der Waals surface area contributed by atoms with Gasteiger partial charge in [-0.3, -0.25) is 5.32 Å². The van der Waals surface area contributed by atoms with Crippen LogP contribution in [-0.4, -0.2) is 44.6 Å². The second-order valence-electron chi connectivity index (χ2n) is 7.10. The van der Waals surface area contributed by atoms with Crippen LogP contribution in [0.5, 0.6) is 23.3 Å². The van der Waals surface area contributed by atoms with Crippen molar-refractivity contribution in [3.63, 3.8) is 0 Å². The highest BCUT2D eigenvalue weighted by Gasteiger charge is 2.47. The average Bonchev–Trinajstić information content (AvgIpc) is 3.12. The number of rotatable bonds is 4. The summed E-state index contributed by atoms with van der Waals surface area (Å²) in [6, 6.07) is 2.86. The van der Waals surface area contributed by atoms with E-state index in [1.54, 1.807) is 19.9 Å². The van der Waals surface area contributed by atoms with Crippen molar-refractivity contribution in [1.82, 2.24) is 15.3 Å². The van der Waals surface area contributed by atoms with Gasteiger partial charge in [-0.05, 0) is 31.9 Å². The lowest BCUT2D eigenvalue weighted by Gasteiger charge is -2.29. The van der Waals surface area contributed by atoms with Gasteiger partial charge < -0.3 is 29.3 Å². The molecule has 156 valence electrons. The second kappa shape index (κ2) is 6.65. The van der Waals surface area contributed by atoms with Gasteiger partial charge in [0.2, 0.25) is 5.75 Å². The molecule has 1 saturated heterocycles. The molecule has 1 fully saturated rings. The molecule has 9 nitrogen and oxygen atoms in total. The van der Waals surface area contributed by atoms with Gasteiger partial charge in [0.25, 0.3) is 0 Å². The molecule has 3 heterocycles. The Morgan fingerprint density at radius 3 is 2.48 bits per heavy atom. The van der Waals surface area contributed by atoms with Gasteiger partial charge in [0, 0.05) is 0 Å². The quantitative estimate of drug-likeness (QED) is 0.698. The van der Waals surface area contributed by atoms with Gasteiger partial charge in [-0.2, -0.15) is 0 Å². The van der Waals surface area contributed by atoms with Crippen LogP contribution >= 0.6 is 0 Å². The molecule has 11 heteroatoms. The number of aliphatic hydroxyl groups is 2. The first-order valence-electron chi connectivity index (χ1n) is 8.95. The minimum Gasteiger partial charge on any atom is -0.420 e. The maximum Gasteiger partial charge on any atom is 0.586 e. The van der Waals surface area contributed by atoms with E-state index in [2.05, 4.69) is 24.8 Å². The van der Waals surface area contributed by atoms with E-state index >= 15 is 0 Å². The molecule has 2 aliphatic heterocycles. The van der Waals surface area contributed by atoms with Gasteiger partial charge in [-0.25, -0.2) is 9.97 Å². The third-order valence-electron chi connectivity index (χ3n) is 5.12. The van der Waals surface area contributed by atoms with Crippen molar-refractivity contribution in [3.05, 3.63) is 30.1 Å².